The molecule has 1 aromatic carbocycles. The average molecular weight is 268 g/mol. The SMILES string of the molecule is O=C(NCCc1cc(F)cc(F)c1)C1CCCCN1. The minimum absolute atomic E-state index is 0.0309. The molecule has 0 aromatic heterocycles. The molecular formula is C14H18F2N2O. The van der Waals surface area contributed by atoms with E-state index in [1.807, 2.05) is 0 Å². The Morgan fingerprint density at radius 2 is 2.00 bits per heavy atom. The van der Waals surface area contributed by atoms with Crippen LogP contribution in [0, 0.1) is 11.6 Å². The molecule has 1 atom stereocenters. The predicted octanol–water partition coefficient (Wildman–Crippen LogP) is 1.77. The standard InChI is InChI=1S/C14H18F2N2O/c15-11-7-10(8-12(16)9-11)4-6-18-14(19)13-3-1-2-5-17-13/h7-9,13,17H,1-6H2,(H,18,19). The van der Waals surface area contributed by atoms with Gasteiger partial charge in [0, 0.05) is 12.6 Å². The van der Waals surface area contributed by atoms with Gasteiger partial charge in [-0.1, -0.05) is 6.42 Å². The molecule has 1 aromatic rings. The highest BCUT2D eigenvalue weighted by atomic mass is 19.1. The maximum absolute atomic E-state index is 13.0. The Kier molecular flexibility index (Phi) is 4.85. The highest BCUT2D eigenvalue weighted by Crippen LogP contribution is 2.09. The lowest BCUT2D eigenvalue weighted by atomic mass is 10.0. The van der Waals surface area contributed by atoms with Gasteiger partial charge in [-0.25, -0.2) is 8.78 Å². The molecule has 1 amide bonds. The Bertz CT molecular complexity index is 425. The van der Waals surface area contributed by atoms with Crippen molar-refractivity contribution >= 4 is 5.91 Å². The molecule has 1 aliphatic heterocycles. The van der Waals surface area contributed by atoms with E-state index >= 15 is 0 Å². The Morgan fingerprint density at radius 1 is 1.26 bits per heavy atom. The van der Waals surface area contributed by atoms with Gasteiger partial charge in [0.1, 0.15) is 11.6 Å². The summed E-state index contributed by atoms with van der Waals surface area (Å²) in [6.45, 7) is 1.26. The number of benzene rings is 1. The zero-order chi connectivity index (χ0) is 13.7. The molecule has 2 N–H and O–H groups in total. The monoisotopic (exact) mass is 268 g/mol. The number of carbonyl (C=O) groups is 1. The Morgan fingerprint density at radius 3 is 2.63 bits per heavy atom. The van der Waals surface area contributed by atoms with Gasteiger partial charge in [-0.15, -0.1) is 0 Å². The summed E-state index contributed by atoms with van der Waals surface area (Å²) in [7, 11) is 0. The first-order valence-electron chi connectivity index (χ1n) is 6.61. The summed E-state index contributed by atoms with van der Waals surface area (Å²) in [5, 5.41) is 5.95. The molecule has 1 aliphatic rings. The zero-order valence-corrected chi connectivity index (χ0v) is 10.7. The van der Waals surface area contributed by atoms with Crippen LogP contribution in [0.2, 0.25) is 0 Å². The highest BCUT2D eigenvalue weighted by molar-refractivity contribution is 5.81. The quantitative estimate of drug-likeness (QED) is 0.873. The Labute approximate surface area is 111 Å². The van der Waals surface area contributed by atoms with E-state index < -0.39 is 11.6 Å². The second-order valence-electron chi connectivity index (χ2n) is 4.82. The van der Waals surface area contributed by atoms with Crippen LogP contribution in [0.15, 0.2) is 18.2 Å². The Balaban J connectivity index is 1.77. The molecule has 2 rings (SSSR count). The van der Waals surface area contributed by atoms with E-state index in [9.17, 15) is 13.6 Å². The molecular weight excluding hydrogens is 250 g/mol. The fourth-order valence-electron chi connectivity index (χ4n) is 2.28. The third-order valence-electron chi connectivity index (χ3n) is 3.26. The highest BCUT2D eigenvalue weighted by Gasteiger charge is 2.19. The van der Waals surface area contributed by atoms with Crippen molar-refractivity contribution in [1.82, 2.24) is 10.6 Å². The number of hydrogen-bond donors (Lipinski definition) is 2. The van der Waals surface area contributed by atoms with E-state index in [1.54, 1.807) is 0 Å². The van der Waals surface area contributed by atoms with Gasteiger partial charge in [0.25, 0.3) is 0 Å². The van der Waals surface area contributed by atoms with Crippen molar-refractivity contribution in [2.45, 2.75) is 31.7 Å². The van der Waals surface area contributed by atoms with Gasteiger partial charge in [-0.2, -0.15) is 0 Å². The molecule has 1 heterocycles. The molecule has 19 heavy (non-hydrogen) atoms. The number of halogens is 2. The van der Waals surface area contributed by atoms with Crippen LogP contribution in [-0.2, 0) is 11.2 Å². The van der Waals surface area contributed by atoms with Gasteiger partial charge >= 0.3 is 0 Å². The van der Waals surface area contributed by atoms with E-state index in [2.05, 4.69) is 10.6 Å². The number of hydrogen-bond acceptors (Lipinski definition) is 2. The maximum atomic E-state index is 13.0. The molecule has 3 nitrogen and oxygen atoms in total. The van der Waals surface area contributed by atoms with Crippen molar-refractivity contribution in [2.75, 3.05) is 13.1 Å². The topological polar surface area (TPSA) is 41.1 Å². The number of carbonyl (C=O) groups excluding carboxylic acids is 1. The van der Waals surface area contributed by atoms with E-state index in [4.69, 9.17) is 0 Å². The van der Waals surface area contributed by atoms with Crippen LogP contribution >= 0.6 is 0 Å². The van der Waals surface area contributed by atoms with Crippen LogP contribution in [0.1, 0.15) is 24.8 Å². The van der Waals surface area contributed by atoms with Crippen LogP contribution in [0.25, 0.3) is 0 Å². The summed E-state index contributed by atoms with van der Waals surface area (Å²) >= 11 is 0. The predicted molar refractivity (Wildman–Crippen MR) is 68.7 cm³/mol. The summed E-state index contributed by atoms with van der Waals surface area (Å²) in [4.78, 5) is 11.8. The fraction of sp³-hybridized carbons (Fsp3) is 0.500. The van der Waals surface area contributed by atoms with Crippen molar-refractivity contribution < 1.29 is 13.6 Å². The number of amides is 1. The van der Waals surface area contributed by atoms with Gasteiger partial charge in [-0.3, -0.25) is 4.79 Å². The van der Waals surface area contributed by atoms with Crippen LogP contribution in [-0.4, -0.2) is 25.0 Å². The van der Waals surface area contributed by atoms with Crippen LogP contribution in [0.5, 0.6) is 0 Å². The summed E-state index contributed by atoms with van der Waals surface area (Å²) in [5.74, 6) is -1.21. The third kappa shape index (κ3) is 4.28. The summed E-state index contributed by atoms with van der Waals surface area (Å²) in [6, 6.07) is 3.29. The second-order valence-corrected chi connectivity index (χ2v) is 4.82. The normalized spacial score (nSPS) is 19.2. The van der Waals surface area contributed by atoms with E-state index in [0.717, 1.165) is 31.9 Å². The lowest BCUT2D eigenvalue weighted by Crippen LogP contribution is -2.47. The minimum atomic E-state index is -0.588. The Hall–Kier alpha value is -1.49. The fourth-order valence-corrected chi connectivity index (χ4v) is 2.28. The van der Waals surface area contributed by atoms with E-state index in [1.165, 1.54) is 12.1 Å². The molecule has 0 spiro atoms. The van der Waals surface area contributed by atoms with Gasteiger partial charge in [0.15, 0.2) is 0 Å². The molecule has 0 radical (unpaired) electrons. The van der Waals surface area contributed by atoms with Crippen molar-refractivity contribution in [3.8, 4) is 0 Å². The second kappa shape index (κ2) is 6.61. The molecule has 1 saturated heterocycles. The molecule has 0 aliphatic carbocycles. The van der Waals surface area contributed by atoms with Gasteiger partial charge < -0.3 is 10.6 Å². The van der Waals surface area contributed by atoms with Crippen molar-refractivity contribution in [3.63, 3.8) is 0 Å². The smallest absolute Gasteiger partial charge is 0.237 e. The van der Waals surface area contributed by atoms with Crippen LogP contribution in [0.4, 0.5) is 8.78 Å². The largest absolute Gasteiger partial charge is 0.354 e. The van der Waals surface area contributed by atoms with E-state index in [0.29, 0.717) is 18.5 Å². The summed E-state index contributed by atoms with van der Waals surface area (Å²) in [5.41, 5.74) is 0.550. The minimum Gasteiger partial charge on any atom is -0.354 e. The lowest BCUT2D eigenvalue weighted by molar-refractivity contribution is -0.123. The summed E-state index contributed by atoms with van der Waals surface area (Å²) in [6.07, 6.45) is 3.43. The average Bonchev–Trinajstić information content (AvgIpc) is 2.38. The first kappa shape index (κ1) is 13.9. The summed E-state index contributed by atoms with van der Waals surface area (Å²) < 4.78 is 25.9. The molecule has 0 saturated carbocycles. The molecule has 5 heteroatoms. The van der Waals surface area contributed by atoms with Crippen LogP contribution < -0.4 is 10.6 Å². The molecule has 1 fully saturated rings. The van der Waals surface area contributed by atoms with Crippen molar-refractivity contribution in [1.29, 1.82) is 0 Å². The number of nitrogens with one attached hydrogen (secondary N) is 2. The maximum Gasteiger partial charge on any atom is 0.237 e. The first-order valence-corrected chi connectivity index (χ1v) is 6.61. The van der Waals surface area contributed by atoms with Crippen molar-refractivity contribution in [3.05, 3.63) is 35.4 Å². The van der Waals surface area contributed by atoms with E-state index in [-0.39, 0.29) is 11.9 Å². The van der Waals surface area contributed by atoms with Gasteiger partial charge in [0.2, 0.25) is 5.91 Å². The van der Waals surface area contributed by atoms with Crippen molar-refractivity contribution in [2.24, 2.45) is 0 Å². The lowest BCUT2D eigenvalue weighted by Gasteiger charge is -2.22. The van der Waals surface area contributed by atoms with Crippen LogP contribution in [0.3, 0.4) is 0 Å². The number of piperidine rings is 1. The molecule has 0 bridgehead atoms. The van der Waals surface area contributed by atoms with Gasteiger partial charge in [-0.05, 0) is 43.5 Å². The molecule has 104 valence electrons. The third-order valence-corrected chi connectivity index (χ3v) is 3.26. The molecule has 1 unspecified atom stereocenters. The van der Waals surface area contributed by atoms with Gasteiger partial charge in [0.05, 0.1) is 6.04 Å². The number of rotatable bonds is 4. The zero-order valence-electron chi connectivity index (χ0n) is 10.7. The first-order chi connectivity index (χ1) is 9.15.